The standard InChI is InChI=1S/C16H20N4O/c1-11-8-18-20(10-11)13(3)12(2)17-9-16-19-14-6-4-5-7-15(14)21-16/h4-8,10,12-13,17H,9H2,1-3H3. The Morgan fingerprint density at radius 1 is 1.29 bits per heavy atom. The summed E-state index contributed by atoms with van der Waals surface area (Å²) in [7, 11) is 0. The minimum atomic E-state index is 0.263. The number of rotatable bonds is 5. The maximum atomic E-state index is 5.71. The Morgan fingerprint density at radius 2 is 2.10 bits per heavy atom. The Bertz CT molecular complexity index is 698. The van der Waals surface area contributed by atoms with Gasteiger partial charge < -0.3 is 9.73 Å². The van der Waals surface area contributed by atoms with Gasteiger partial charge in [0.1, 0.15) is 5.52 Å². The summed E-state index contributed by atoms with van der Waals surface area (Å²) in [6.45, 7) is 6.95. The molecule has 0 aliphatic heterocycles. The number of benzene rings is 1. The van der Waals surface area contributed by atoms with E-state index in [1.54, 1.807) is 0 Å². The van der Waals surface area contributed by atoms with Gasteiger partial charge in [0.05, 0.1) is 18.8 Å². The van der Waals surface area contributed by atoms with Crippen molar-refractivity contribution < 1.29 is 4.42 Å². The molecule has 0 fully saturated rings. The summed E-state index contributed by atoms with van der Waals surface area (Å²) in [4.78, 5) is 4.47. The Labute approximate surface area is 124 Å². The smallest absolute Gasteiger partial charge is 0.209 e. The molecule has 0 aliphatic carbocycles. The zero-order valence-corrected chi connectivity index (χ0v) is 12.6. The van der Waals surface area contributed by atoms with Crippen LogP contribution in [-0.4, -0.2) is 20.8 Å². The first kappa shape index (κ1) is 13.8. The number of nitrogens with one attached hydrogen (secondary N) is 1. The van der Waals surface area contributed by atoms with Crippen LogP contribution in [0, 0.1) is 6.92 Å². The van der Waals surface area contributed by atoms with Gasteiger partial charge in [-0.05, 0) is 38.5 Å². The number of nitrogens with zero attached hydrogens (tertiary/aromatic N) is 3. The van der Waals surface area contributed by atoms with Crippen molar-refractivity contribution in [3.8, 4) is 0 Å². The highest BCUT2D eigenvalue weighted by Crippen LogP contribution is 2.16. The van der Waals surface area contributed by atoms with Crippen LogP contribution in [0.3, 0.4) is 0 Å². The lowest BCUT2D eigenvalue weighted by molar-refractivity contribution is 0.350. The molecule has 2 atom stereocenters. The van der Waals surface area contributed by atoms with Gasteiger partial charge in [0.25, 0.3) is 0 Å². The third-order valence-corrected chi connectivity index (χ3v) is 3.78. The van der Waals surface area contributed by atoms with Crippen LogP contribution in [0.15, 0.2) is 41.1 Å². The molecule has 2 unspecified atom stereocenters. The maximum absolute atomic E-state index is 5.71. The first-order valence-corrected chi connectivity index (χ1v) is 7.22. The van der Waals surface area contributed by atoms with E-state index in [9.17, 15) is 0 Å². The Balaban J connectivity index is 1.63. The van der Waals surface area contributed by atoms with Gasteiger partial charge in [0, 0.05) is 12.2 Å². The number of oxazole rings is 1. The number of para-hydroxylation sites is 2. The Hall–Kier alpha value is -2.14. The molecule has 5 heteroatoms. The molecule has 0 spiro atoms. The predicted molar refractivity (Wildman–Crippen MR) is 82.0 cm³/mol. The molecule has 110 valence electrons. The maximum Gasteiger partial charge on any atom is 0.209 e. The fraction of sp³-hybridized carbons (Fsp3) is 0.375. The molecule has 5 nitrogen and oxygen atoms in total. The van der Waals surface area contributed by atoms with Crippen molar-refractivity contribution in [2.75, 3.05) is 0 Å². The van der Waals surface area contributed by atoms with Crippen LogP contribution >= 0.6 is 0 Å². The fourth-order valence-corrected chi connectivity index (χ4v) is 2.30. The molecule has 3 rings (SSSR count). The lowest BCUT2D eigenvalue weighted by Gasteiger charge is -2.21. The first-order chi connectivity index (χ1) is 10.1. The molecule has 1 aromatic carbocycles. The van der Waals surface area contributed by atoms with E-state index in [1.807, 2.05) is 42.1 Å². The number of hydrogen-bond donors (Lipinski definition) is 1. The number of hydrogen-bond acceptors (Lipinski definition) is 4. The van der Waals surface area contributed by atoms with Gasteiger partial charge in [-0.2, -0.15) is 5.10 Å². The lowest BCUT2D eigenvalue weighted by atomic mass is 10.2. The van der Waals surface area contributed by atoms with Gasteiger partial charge in [-0.25, -0.2) is 4.98 Å². The van der Waals surface area contributed by atoms with Gasteiger partial charge >= 0.3 is 0 Å². The highest BCUT2D eigenvalue weighted by molar-refractivity contribution is 5.72. The average molecular weight is 284 g/mol. The first-order valence-electron chi connectivity index (χ1n) is 7.22. The van der Waals surface area contributed by atoms with E-state index in [1.165, 1.54) is 5.56 Å². The van der Waals surface area contributed by atoms with Crippen LogP contribution in [-0.2, 0) is 6.54 Å². The van der Waals surface area contributed by atoms with Crippen molar-refractivity contribution in [3.05, 3.63) is 48.1 Å². The molecule has 2 aromatic heterocycles. The zero-order valence-electron chi connectivity index (χ0n) is 12.6. The van der Waals surface area contributed by atoms with Crippen LogP contribution in [0.2, 0.25) is 0 Å². The van der Waals surface area contributed by atoms with Crippen molar-refractivity contribution in [2.24, 2.45) is 0 Å². The number of fused-ring (bicyclic) bond motifs is 1. The second-order valence-electron chi connectivity index (χ2n) is 5.48. The Morgan fingerprint density at radius 3 is 2.81 bits per heavy atom. The van der Waals surface area contributed by atoms with Gasteiger partial charge in [-0.15, -0.1) is 0 Å². The molecule has 21 heavy (non-hydrogen) atoms. The van der Waals surface area contributed by atoms with Crippen molar-refractivity contribution in [2.45, 2.75) is 39.4 Å². The largest absolute Gasteiger partial charge is 0.439 e. The summed E-state index contributed by atoms with van der Waals surface area (Å²) in [5.74, 6) is 0.715. The lowest BCUT2D eigenvalue weighted by Crippen LogP contribution is -2.33. The third-order valence-electron chi connectivity index (χ3n) is 3.78. The number of aromatic nitrogens is 3. The van der Waals surface area contributed by atoms with Crippen molar-refractivity contribution in [1.82, 2.24) is 20.1 Å². The summed E-state index contributed by atoms with van der Waals surface area (Å²) in [5, 5.41) is 7.81. The summed E-state index contributed by atoms with van der Waals surface area (Å²) in [6.07, 6.45) is 3.94. The molecule has 0 saturated heterocycles. The molecule has 0 aliphatic rings. The average Bonchev–Trinajstić information content (AvgIpc) is 3.09. The van der Waals surface area contributed by atoms with Gasteiger partial charge in [0.2, 0.25) is 5.89 Å². The van der Waals surface area contributed by atoms with E-state index in [-0.39, 0.29) is 12.1 Å². The quantitative estimate of drug-likeness (QED) is 0.782. The van der Waals surface area contributed by atoms with Crippen molar-refractivity contribution in [1.29, 1.82) is 0 Å². The van der Waals surface area contributed by atoms with E-state index in [0.29, 0.717) is 12.4 Å². The summed E-state index contributed by atoms with van der Waals surface area (Å²) in [5.41, 5.74) is 2.91. The van der Waals surface area contributed by atoms with Crippen LogP contribution in [0.1, 0.15) is 31.3 Å². The molecule has 0 bridgehead atoms. The minimum absolute atomic E-state index is 0.263. The topological polar surface area (TPSA) is 55.9 Å². The normalized spacial score (nSPS) is 14.4. The molecule has 1 N–H and O–H groups in total. The minimum Gasteiger partial charge on any atom is -0.439 e. The second kappa shape index (κ2) is 5.69. The van der Waals surface area contributed by atoms with Crippen LogP contribution < -0.4 is 5.32 Å². The van der Waals surface area contributed by atoms with Crippen molar-refractivity contribution >= 4 is 11.1 Å². The molecule has 0 radical (unpaired) electrons. The molecule has 2 heterocycles. The second-order valence-corrected chi connectivity index (χ2v) is 5.48. The van der Waals surface area contributed by atoms with E-state index in [0.717, 1.165) is 11.1 Å². The Kier molecular flexibility index (Phi) is 3.75. The van der Waals surface area contributed by atoms with Crippen molar-refractivity contribution in [3.63, 3.8) is 0 Å². The molecule has 3 aromatic rings. The van der Waals surface area contributed by atoms with Gasteiger partial charge in [-0.3, -0.25) is 4.68 Å². The van der Waals surface area contributed by atoms with E-state index in [2.05, 4.69) is 35.4 Å². The van der Waals surface area contributed by atoms with Crippen LogP contribution in [0.4, 0.5) is 0 Å². The summed E-state index contributed by atoms with van der Waals surface area (Å²) >= 11 is 0. The highest BCUT2D eigenvalue weighted by Gasteiger charge is 2.15. The number of aryl methyl sites for hydroxylation is 1. The SMILES string of the molecule is Cc1cnn(C(C)C(C)NCc2nc3ccccc3o2)c1. The van der Waals surface area contributed by atoms with E-state index < -0.39 is 0 Å². The third kappa shape index (κ3) is 2.97. The molecular weight excluding hydrogens is 264 g/mol. The highest BCUT2D eigenvalue weighted by atomic mass is 16.3. The van der Waals surface area contributed by atoms with Gasteiger partial charge in [-0.1, -0.05) is 12.1 Å². The molecule has 0 saturated carbocycles. The van der Waals surface area contributed by atoms with E-state index >= 15 is 0 Å². The van der Waals surface area contributed by atoms with Crippen LogP contribution in [0.5, 0.6) is 0 Å². The zero-order chi connectivity index (χ0) is 14.8. The molecule has 0 amide bonds. The predicted octanol–water partition coefficient (Wildman–Crippen LogP) is 3.07. The van der Waals surface area contributed by atoms with Gasteiger partial charge in [0.15, 0.2) is 5.58 Å². The molecular formula is C16H20N4O. The van der Waals surface area contributed by atoms with Crippen LogP contribution in [0.25, 0.3) is 11.1 Å². The summed E-state index contributed by atoms with van der Waals surface area (Å²) in [6, 6.07) is 8.34. The van der Waals surface area contributed by atoms with E-state index in [4.69, 9.17) is 4.42 Å². The fourth-order valence-electron chi connectivity index (χ4n) is 2.30. The summed E-state index contributed by atoms with van der Waals surface area (Å²) < 4.78 is 7.70. The monoisotopic (exact) mass is 284 g/mol.